The van der Waals surface area contributed by atoms with Crippen molar-refractivity contribution in [3.8, 4) is 34.0 Å². The standard InChI is InChI=1S/C31H26ClFN4O5/c1-31(2,3)42-30(39)34-26-14-20(28-12-9-23(17-38)41-28)7-10-24(26)27-16-37(36-35-27)22-8-11-29(25(32)15-22)40-18-19-5-4-6-21(33)13-19/h4-17H,18H2,1-3H3,(H,34,39). The van der Waals surface area contributed by atoms with E-state index in [0.29, 0.717) is 56.6 Å². The molecule has 5 aromatic rings. The van der Waals surface area contributed by atoms with Crippen LogP contribution in [-0.2, 0) is 11.3 Å². The van der Waals surface area contributed by atoms with Gasteiger partial charge in [0.2, 0.25) is 0 Å². The average Bonchev–Trinajstić information content (AvgIpc) is 3.62. The van der Waals surface area contributed by atoms with E-state index < -0.39 is 11.7 Å². The third-order valence-corrected chi connectivity index (χ3v) is 6.21. The van der Waals surface area contributed by atoms with Crippen molar-refractivity contribution in [1.29, 1.82) is 0 Å². The Morgan fingerprint density at radius 1 is 1.10 bits per heavy atom. The quantitative estimate of drug-likeness (QED) is 0.185. The van der Waals surface area contributed by atoms with E-state index in [4.69, 9.17) is 25.5 Å². The second-order valence-corrected chi connectivity index (χ2v) is 10.7. The number of carbonyl (C=O) groups is 2. The summed E-state index contributed by atoms with van der Waals surface area (Å²) < 4.78 is 31.8. The van der Waals surface area contributed by atoms with Crippen LogP contribution in [0.5, 0.6) is 5.75 Å². The van der Waals surface area contributed by atoms with Crippen molar-refractivity contribution in [3.05, 3.63) is 101 Å². The topological polar surface area (TPSA) is 108 Å². The van der Waals surface area contributed by atoms with Crippen molar-refractivity contribution in [3.63, 3.8) is 0 Å². The van der Waals surface area contributed by atoms with E-state index in [0.717, 1.165) is 0 Å². The second-order valence-electron chi connectivity index (χ2n) is 10.3. The zero-order valence-electron chi connectivity index (χ0n) is 22.9. The van der Waals surface area contributed by atoms with E-state index >= 15 is 0 Å². The number of aromatic nitrogens is 3. The van der Waals surface area contributed by atoms with Crippen LogP contribution >= 0.6 is 11.6 Å². The van der Waals surface area contributed by atoms with Gasteiger partial charge in [-0.1, -0.05) is 35.0 Å². The molecule has 0 fully saturated rings. The highest BCUT2D eigenvalue weighted by atomic mass is 35.5. The van der Waals surface area contributed by atoms with Crippen molar-refractivity contribution in [2.24, 2.45) is 0 Å². The van der Waals surface area contributed by atoms with E-state index in [1.165, 1.54) is 16.8 Å². The zero-order chi connectivity index (χ0) is 29.9. The van der Waals surface area contributed by atoms with Gasteiger partial charge in [-0.25, -0.2) is 13.9 Å². The molecular weight excluding hydrogens is 563 g/mol. The van der Waals surface area contributed by atoms with Gasteiger partial charge >= 0.3 is 6.09 Å². The lowest BCUT2D eigenvalue weighted by atomic mass is 10.0. The molecule has 11 heteroatoms. The third-order valence-electron chi connectivity index (χ3n) is 5.92. The largest absolute Gasteiger partial charge is 0.487 e. The van der Waals surface area contributed by atoms with Gasteiger partial charge in [0, 0.05) is 11.1 Å². The number of aldehydes is 1. The number of ether oxygens (including phenoxy) is 2. The molecule has 0 unspecified atom stereocenters. The molecule has 0 radical (unpaired) electrons. The SMILES string of the molecule is CC(C)(C)OC(=O)Nc1cc(-c2ccc(C=O)o2)ccc1-c1cn(-c2ccc(OCc3cccc(F)c3)c(Cl)c2)nn1. The fourth-order valence-corrected chi connectivity index (χ4v) is 4.29. The molecule has 1 N–H and O–H groups in total. The first-order valence-corrected chi connectivity index (χ1v) is 13.2. The first kappa shape index (κ1) is 28.6. The Labute approximate surface area is 245 Å². The Hall–Kier alpha value is -4.96. The van der Waals surface area contributed by atoms with Gasteiger partial charge in [0.15, 0.2) is 12.0 Å². The van der Waals surface area contributed by atoms with Crippen LogP contribution in [0.3, 0.4) is 0 Å². The lowest BCUT2D eigenvalue weighted by molar-refractivity contribution is 0.0636. The number of hydrogen-bond acceptors (Lipinski definition) is 7. The minimum Gasteiger partial charge on any atom is -0.487 e. The van der Waals surface area contributed by atoms with Gasteiger partial charge in [-0.3, -0.25) is 10.1 Å². The number of amides is 1. The summed E-state index contributed by atoms with van der Waals surface area (Å²) in [5, 5.41) is 11.7. The molecule has 1 amide bonds. The number of anilines is 1. The Morgan fingerprint density at radius 3 is 2.64 bits per heavy atom. The third kappa shape index (κ3) is 6.84. The highest BCUT2D eigenvalue weighted by Crippen LogP contribution is 2.34. The van der Waals surface area contributed by atoms with Crippen LogP contribution in [0, 0.1) is 5.82 Å². The minimum atomic E-state index is -0.711. The lowest BCUT2D eigenvalue weighted by Gasteiger charge is -2.20. The van der Waals surface area contributed by atoms with Crippen LogP contribution in [0.4, 0.5) is 14.9 Å². The first-order chi connectivity index (χ1) is 20.1. The molecule has 0 spiro atoms. The molecule has 0 aliphatic heterocycles. The van der Waals surface area contributed by atoms with Crippen LogP contribution in [-0.4, -0.2) is 33.0 Å². The van der Waals surface area contributed by atoms with Crippen LogP contribution < -0.4 is 10.1 Å². The van der Waals surface area contributed by atoms with Crippen molar-refractivity contribution in [1.82, 2.24) is 15.0 Å². The van der Waals surface area contributed by atoms with E-state index in [9.17, 15) is 14.0 Å². The summed E-state index contributed by atoms with van der Waals surface area (Å²) in [6.45, 7) is 5.45. The monoisotopic (exact) mass is 588 g/mol. The van der Waals surface area contributed by atoms with Gasteiger partial charge in [-0.2, -0.15) is 0 Å². The van der Waals surface area contributed by atoms with Crippen LogP contribution in [0.25, 0.3) is 28.3 Å². The number of hydrogen-bond donors (Lipinski definition) is 1. The molecule has 0 saturated carbocycles. The summed E-state index contributed by atoms with van der Waals surface area (Å²) in [4.78, 5) is 23.8. The van der Waals surface area contributed by atoms with Gasteiger partial charge in [0.1, 0.15) is 35.2 Å². The molecule has 0 atom stereocenters. The molecule has 0 aliphatic carbocycles. The summed E-state index contributed by atoms with van der Waals surface area (Å²) in [5.41, 5.74) is 2.64. The first-order valence-electron chi connectivity index (χ1n) is 12.9. The maximum Gasteiger partial charge on any atom is 0.412 e. The van der Waals surface area contributed by atoms with E-state index in [1.807, 2.05) is 0 Å². The van der Waals surface area contributed by atoms with Crippen molar-refractivity contribution in [2.45, 2.75) is 33.0 Å². The molecule has 3 aromatic carbocycles. The van der Waals surface area contributed by atoms with Crippen LogP contribution in [0.15, 0.2) is 83.4 Å². The van der Waals surface area contributed by atoms with Gasteiger partial charge in [-0.05, 0) is 80.9 Å². The molecule has 0 saturated heterocycles. The predicted octanol–water partition coefficient (Wildman–Crippen LogP) is 7.73. The highest BCUT2D eigenvalue weighted by Gasteiger charge is 2.20. The van der Waals surface area contributed by atoms with Gasteiger partial charge < -0.3 is 13.9 Å². The average molecular weight is 589 g/mol. The predicted molar refractivity (Wildman–Crippen MR) is 155 cm³/mol. The Bertz CT molecular complexity index is 1760. The number of nitrogens with zero attached hydrogens (tertiary/aromatic N) is 3. The van der Waals surface area contributed by atoms with Gasteiger partial charge in [-0.15, -0.1) is 5.10 Å². The molecule has 42 heavy (non-hydrogen) atoms. The number of halogens is 2. The molecule has 0 bridgehead atoms. The highest BCUT2D eigenvalue weighted by molar-refractivity contribution is 6.32. The smallest absolute Gasteiger partial charge is 0.412 e. The van der Waals surface area contributed by atoms with Crippen LogP contribution in [0.2, 0.25) is 5.02 Å². The fraction of sp³-hybridized carbons (Fsp3) is 0.161. The number of nitrogens with one attached hydrogen (secondary N) is 1. The molecule has 2 aromatic heterocycles. The molecular formula is C31H26ClFN4O5. The van der Waals surface area contributed by atoms with Gasteiger partial charge in [0.05, 0.1) is 22.6 Å². The number of carbonyl (C=O) groups excluding carboxylic acids is 2. The summed E-state index contributed by atoms with van der Waals surface area (Å²) in [5.74, 6) is 0.725. The summed E-state index contributed by atoms with van der Waals surface area (Å²) >= 11 is 6.47. The summed E-state index contributed by atoms with van der Waals surface area (Å²) in [7, 11) is 0. The van der Waals surface area contributed by atoms with E-state index in [-0.39, 0.29) is 18.2 Å². The zero-order valence-corrected chi connectivity index (χ0v) is 23.7. The molecule has 2 heterocycles. The Kier molecular flexibility index (Phi) is 8.08. The number of rotatable bonds is 8. The maximum atomic E-state index is 13.5. The second kappa shape index (κ2) is 11.9. The molecule has 5 rings (SSSR count). The normalized spacial score (nSPS) is 11.3. The van der Waals surface area contributed by atoms with Crippen molar-refractivity contribution in [2.75, 3.05) is 5.32 Å². The Balaban J connectivity index is 1.41. The summed E-state index contributed by atoms with van der Waals surface area (Å²) in [6.07, 6.45) is 1.65. The van der Waals surface area contributed by atoms with Crippen molar-refractivity contribution >= 4 is 29.7 Å². The lowest BCUT2D eigenvalue weighted by Crippen LogP contribution is -2.27. The molecule has 9 nitrogen and oxygen atoms in total. The number of furan rings is 1. The minimum absolute atomic E-state index is 0.155. The van der Waals surface area contributed by atoms with Crippen molar-refractivity contribution < 1.29 is 27.9 Å². The fourth-order valence-electron chi connectivity index (χ4n) is 4.06. The Morgan fingerprint density at radius 2 is 1.93 bits per heavy atom. The van der Waals surface area contributed by atoms with E-state index in [1.54, 1.807) is 87.6 Å². The van der Waals surface area contributed by atoms with E-state index in [2.05, 4.69) is 15.6 Å². The summed E-state index contributed by atoms with van der Waals surface area (Å²) in [6, 6.07) is 19.7. The van der Waals surface area contributed by atoms with Gasteiger partial charge in [0.25, 0.3) is 0 Å². The van der Waals surface area contributed by atoms with Crippen LogP contribution in [0.1, 0.15) is 36.9 Å². The molecule has 214 valence electrons. The molecule has 0 aliphatic rings. The number of benzene rings is 3. The maximum absolute atomic E-state index is 13.5.